The van der Waals surface area contributed by atoms with E-state index in [2.05, 4.69) is 69.1 Å². The van der Waals surface area contributed by atoms with Crippen molar-refractivity contribution >= 4 is 34.4 Å². The van der Waals surface area contributed by atoms with Crippen LogP contribution in [-0.2, 0) is 0 Å². The molecule has 1 unspecified atom stereocenters. The van der Waals surface area contributed by atoms with Gasteiger partial charge in [-0.25, -0.2) is 15.0 Å². The molecular formula is C29H32N6OS. The highest BCUT2D eigenvalue weighted by Crippen LogP contribution is 2.42. The summed E-state index contributed by atoms with van der Waals surface area (Å²) >= 11 is 1.92. The molecule has 37 heavy (non-hydrogen) atoms. The third-order valence-corrected chi connectivity index (χ3v) is 8.26. The lowest BCUT2D eigenvalue weighted by atomic mass is 10.0. The molecule has 2 aliphatic heterocycles. The van der Waals surface area contributed by atoms with E-state index in [1.165, 1.54) is 17.5 Å². The van der Waals surface area contributed by atoms with E-state index in [0.717, 1.165) is 60.4 Å². The molecule has 2 N–H and O–H groups in total. The lowest BCUT2D eigenvalue weighted by molar-refractivity contribution is 0.466. The molecule has 2 aliphatic rings. The van der Waals surface area contributed by atoms with Crippen LogP contribution >= 0.6 is 11.9 Å². The van der Waals surface area contributed by atoms with Crippen LogP contribution in [0.25, 0.3) is 22.0 Å². The standard InChI is InChI=1S/C29H32N6OS/c1-19-10-11-22-23(7-3-9-26(22)35-17-13-20(2)37-35)27(19)36-28-24(8-5-15-31-28)25-12-16-32-29(34-25)33-21-6-4-14-30-18-21/h3,5,7-12,15-16,20-21,30H,4,6,13-14,17-18H2,1-2H3,(H,32,33,34)/t20?,21-/m0/s1. The number of aromatic nitrogens is 3. The lowest BCUT2D eigenvalue weighted by Gasteiger charge is -2.23. The van der Waals surface area contributed by atoms with Gasteiger partial charge in [-0.15, -0.1) is 0 Å². The van der Waals surface area contributed by atoms with Crippen molar-refractivity contribution in [1.82, 2.24) is 20.3 Å². The largest absolute Gasteiger partial charge is 0.437 e. The van der Waals surface area contributed by atoms with Gasteiger partial charge in [0.05, 0.1) is 16.9 Å². The third kappa shape index (κ3) is 5.08. The van der Waals surface area contributed by atoms with E-state index in [9.17, 15) is 0 Å². The fraction of sp³-hybridized carbons (Fsp3) is 0.345. The van der Waals surface area contributed by atoms with Crippen molar-refractivity contribution in [3.63, 3.8) is 0 Å². The molecule has 2 aromatic heterocycles. The average Bonchev–Trinajstić information content (AvgIpc) is 3.37. The summed E-state index contributed by atoms with van der Waals surface area (Å²) in [6.45, 7) is 7.42. The van der Waals surface area contributed by atoms with Crippen molar-refractivity contribution in [3.05, 3.63) is 66.5 Å². The van der Waals surface area contributed by atoms with Crippen LogP contribution in [0.4, 0.5) is 11.6 Å². The molecule has 2 aromatic carbocycles. The Hall–Kier alpha value is -3.36. The molecular weight excluding hydrogens is 480 g/mol. The zero-order valence-corrected chi connectivity index (χ0v) is 22.1. The first kappa shape index (κ1) is 24.0. The van der Waals surface area contributed by atoms with Gasteiger partial charge in [-0.2, -0.15) is 0 Å². The van der Waals surface area contributed by atoms with E-state index in [1.54, 1.807) is 12.4 Å². The number of fused-ring (bicyclic) bond motifs is 1. The maximum atomic E-state index is 6.61. The number of ether oxygens (including phenoxy) is 1. The molecule has 0 spiro atoms. The SMILES string of the molecule is Cc1ccc2c(N3CCC(C)S3)cccc2c1Oc1ncccc1-c1ccnc(N[C@H]2CCCNC2)n1. The van der Waals surface area contributed by atoms with Gasteiger partial charge < -0.3 is 19.7 Å². The van der Waals surface area contributed by atoms with Crippen molar-refractivity contribution in [2.24, 2.45) is 0 Å². The number of rotatable bonds is 6. The van der Waals surface area contributed by atoms with Gasteiger partial charge >= 0.3 is 0 Å². The second kappa shape index (κ2) is 10.6. The topological polar surface area (TPSA) is 75.2 Å². The zero-order valence-electron chi connectivity index (χ0n) is 21.3. The Balaban J connectivity index is 1.34. The maximum absolute atomic E-state index is 6.61. The molecule has 6 rings (SSSR count). The summed E-state index contributed by atoms with van der Waals surface area (Å²) in [4.78, 5) is 13.9. The number of hydrogen-bond donors (Lipinski definition) is 2. The Kier molecular flexibility index (Phi) is 6.85. The maximum Gasteiger partial charge on any atom is 0.228 e. The smallest absolute Gasteiger partial charge is 0.228 e. The van der Waals surface area contributed by atoms with E-state index >= 15 is 0 Å². The van der Waals surface area contributed by atoms with Gasteiger partial charge in [-0.3, -0.25) is 0 Å². The van der Waals surface area contributed by atoms with Crippen LogP contribution in [0.15, 0.2) is 60.9 Å². The molecule has 4 heterocycles. The Labute approximate surface area is 222 Å². The summed E-state index contributed by atoms with van der Waals surface area (Å²) in [5.74, 6) is 2.00. The monoisotopic (exact) mass is 512 g/mol. The first-order chi connectivity index (χ1) is 18.2. The predicted octanol–water partition coefficient (Wildman–Crippen LogP) is 6.20. The minimum Gasteiger partial charge on any atom is -0.437 e. The predicted molar refractivity (Wildman–Crippen MR) is 153 cm³/mol. The van der Waals surface area contributed by atoms with Gasteiger partial charge in [-0.05, 0) is 74.5 Å². The molecule has 2 atom stereocenters. The van der Waals surface area contributed by atoms with Gasteiger partial charge in [0, 0.05) is 47.5 Å². The van der Waals surface area contributed by atoms with Crippen LogP contribution in [0.3, 0.4) is 0 Å². The number of nitrogens with zero attached hydrogens (tertiary/aromatic N) is 4. The van der Waals surface area contributed by atoms with E-state index in [1.807, 2.05) is 30.1 Å². The highest BCUT2D eigenvalue weighted by molar-refractivity contribution is 8.01. The lowest BCUT2D eigenvalue weighted by Crippen LogP contribution is -2.38. The number of nitrogens with one attached hydrogen (secondary N) is 2. The first-order valence-corrected chi connectivity index (χ1v) is 13.9. The van der Waals surface area contributed by atoms with Crippen molar-refractivity contribution in [2.75, 3.05) is 29.3 Å². The van der Waals surface area contributed by atoms with Gasteiger partial charge in [0.25, 0.3) is 0 Å². The quantitative estimate of drug-likeness (QED) is 0.296. The Morgan fingerprint density at radius 2 is 1.97 bits per heavy atom. The van der Waals surface area contributed by atoms with Gasteiger partial charge in [0.15, 0.2) is 0 Å². The fourth-order valence-corrected chi connectivity index (χ4v) is 6.20. The van der Waals surface area contributed by atoms with Crippen LogP contribution in [0.1, 0.15) is 31.7 Å². The van der Waals surface area contributed by atoms with E-state index in [-0.39, 0.29) is 0 Å². The highest BCUT2D eigenvalue weighted by atomic mass is 32.2. The van der Waals surface area contributed by atoms with E-state index < -0.39 is 0 Å². The number of aryl methyl sites for hydroxylation is 1. The van der Waals surface area contributed by atoms with Crippen LogP contribution in [0.2, 0.25) is 0 Å². The molecule has 0 radical (unpaired) electrons. The summed E-state index contributed by atoms with van der Waals surface area (Å²) in [7, 11) is 0. The van der Waals surface area contributed by atoms with E-state index in [0.29, 0.717) is 23.1 Å². The number of pyridine rings is 1. The summed E-state index contributed by atoms with van der Waals surface area (Å²) in [5.41, 5.74) is 3.93. The van der Waals surface area contributed by atoms with E-state index in [4.69, 9.17) is 9.72 Å². The van der Waals surface area contributed by atoms with Crippen molar-refractivity contribution in [1.29, 1.82) is 0 Å². The summed E-state index contributed by atoms with van der Waals surface area (Å²) < 4.78 is 9.02. The van der Waals surface area contributed by atoms with Gasteiger partial charge in [0.1, 0.15) is 5.75 Å². The Bertz CT molecular complexity index is 1410. The summed E-state index contributed by atoms with van der Waals surface area (Å²) in [6.07, 6.45) is 7.02. The molecule has 190 valence electrons. The molecule has 0 aliphatic carbocycles. The zero-order chi connectivity index (χ0) is 25.2. The second-order valence-corrected chi connectivity index (χ2v) is 11.3. The Morgan fingerprint density at radius 1 is 1.03 bits per heavy atom. The molecule has 7 nitrogen and oxygen atoms in total. The molecule has 4 aromatic rings. The molecule has 0 amide bonds. The van der Waals surface area contributed by atoms with Crippen LogP contribution in [-0.4, -0.2) is 45.9 Å². The normalized spacial score (nSPS) is 19.8. The number of anilines is 2. The molecule has 0 saturated carbocycles. The van der Waals surface area contributed by atoms with Gasteiger partial charge in [0.2, 0.25) is 11.8 Å². The van der Waals surface area contributed by atoms with Crippen molar-refractivity contribution < 1.29 is 4.74 Å². The molecule has 2 saturated heterocycles. The average molecular weight is 513 g/mol. The van der Waals surface area contributed by atoms with Crippen LogP contribution < -0.4 is 19.7 Å². The highest BCUT2D eigenvalue weighted by Gasteiger charge is 2.23. The Morgan fingerprint density at radius 3 is 2.81 bits per heavy atom. The van der Waals surface area contributed by atoms with Crippen molar-refractivity contribution in [3.8, 4) is 22.9 Å². The van der Waals surface area contributed by atoms with Crippen molar-refractivity contribution in [2.45, 2.75) is 44.4 Å². The molecule has 2 fully saturated rings. The summed E-state index contributed by atoms with van der Waals surface area (Å²) in [5, 5.41) is 9.82. The number of benzene rings is 2. The fourth-order valence-electron chi connectivity index (χ4n) is 5.07. The van der Waals surface area contributed by atoms with Gasteiger partial charge in [-0.1, -0.05) is 31.2 Å². The number of hydrogen-bond acceptors (Lipinski definition) is 8. The number of piperidine rings is 1. The summed E-state index contributed by atoms with van der Waals surface area (Å²) in [6, 6.07) is 17.0. The third-order valence-electron chi connectivity index (χ3n) is 7.03. The minimum absolute atomic E-state index is 0.331. The second-order valence-electron chi connectivity index (χ2n) is 9.80. The molecule has 0 bridgehead atoms. The molecule has 8 heteroatoms. The minimum atomic E-state index is 0.331. The van der Waals surface area contributed by atoms with Crippen LogP contribution in [0.5, 0.6) is 11.6 Å². The van der Waals surface area contributed by atoms with Crippen LogP contribution in [0, 0.1) is 6.92 Å². The first-order valence-electron chi connectivity index (χ1n) is 13.1.